The van der Waals surface area contributed by atoms with E-state index in [0.717, 1.165) is 16.5 Å². The van der Waals surface area contributed by atoms with Crippen LogP contribution in [-0.4, -0.2) is 0 Å². The van der Waals surface area contributed by atoms with E-state index in [4.69, 9.17) is 12.2 Å². The molecule has 2 rings (SSSR count). The van der Waals surface area contributed by atoms with Crippen LogP contribution in [0.4, 0.5) is 0 Å². The fourth-order valence-electron chi connectivity index (χ4n) is 1.51. The third kappa shape index (κ3) is 1.48. The predicted molar refractivity (Wildman–Crippen MR) is 59.8 cm³/mol. The van der Waals surface area contributed by atoms with E-state index >= 15 is 0 Å². The van der Waals surface area contributed by atoms with Gasteiger partial charge in [-0.05, 0) is 34.5 Å². The van der Waals surface area contributed by atoms with Crippen LogP contribution in [0.25, 0.3) is 10.8 Å². The van der Waals surface area contributed by atoms with Gasteiger partial charge in [0.25, 0.3) is 0 Å². The molecule has 0 saturated heterocycles. The smallest absolute Gasteiger partial charge is 0.0248 e. The molecule has 0 heterocycles. The first-order valence-electron chi connectivity index (χ1n) is 4.53. The molecule has 0 atom stereocenters. The second-order valence-electron chi connectivity index (χ2n) is 3.24. The van der Waals surface area contributed by atoms with E-state index < -0.39 is 0 Å². The summed E-state index contributed by atoms with van der Waals surface area (Å²) in [6, 6.07) is 12.2. The van der Waals surface area contributed by atoms with Crippen LogP contribution in [0.15, 0.2) is 36.4 Å². The maximum absolute atomic E-state index is 5.56. The number of terminal acetylenes is 1. The third-order valence-electron chi connectivity index (χ3n) is 2.31. The van der Waals surface area contributed by atoms with Crippen LogP contribution < -0.4 is 5.73 Å². The van der Waals surface area contributed by atoms with Gasteiger partial charge in [-0.3, -0.25) is 0 Å². The Morgan fingerprint density at radius 1 is 1.07 bits per heavy atom. The zero-order valence-corrected chi connectivity index (χ0v) is 7.83. The number of hydrogen-bond donors (Lipinski definition) is 1. The van der Waals surface area contributed by atoms with Crippen molar-refractivity contribution in [2.24, 2.45) is 5.73 Å². The molecule has 14 heavy (non-hydrogen) atoms. The average Bonchev–Trinajstić information content (AvgIpc) is 2.27. The van der Waals surface area contributed by atoms with Crippen molar-refractivity contribution in [1.29, 1.82) is 0 Å². The summed E-state index contributed by atoms with van der Waals surface area (Å²) in [6.45, 7) is 0.576. The Bertz CT molecular complexity index is 506. The maximum Gasteiger partial charge on any atom is 0.0248 e. The van der Waals surface area contributed by atoms with Gasteiger partial charge >= 0.3 is 0 Å². The lowest BCUT2D eigenvalue weighted by Gasteiger charge is -2.01. The van der Waals surface area contributed by atoms with Crippen LogP contribution in [0.3, 0.4) is 0 Å². The van der Waals surface area contributed by atoms with Gasteiger partial charge in [-0.15, -0.1) is 6.42 Å². The first-order valence-corrected chi connectivity index (χ1v) is 4.53. The molecular formula is C13H11N. The lowest BCUT2D eigenvalue weighted by atomic mass is 10.0. The number of benzene rings is 2. The quantitative estimate of drug-likeness (QED) is 0.671. The third-order valence-corrected chi connectivity index (χ3v) is 2.31. The number of nitrogens with two attached hydrogens (primary N) is 1. The molecular weight excluding hydrogens is 170 g/mol. The summed E-state index contributed by atoms with van der Waals surface area (Å²) in [5.41, 5.74) is 7.62. The summed E-state index contributed by atoms with van der Waals surface area (Å²) < 4.78 is 0. The molecule has 0 aliphatic heterocycles. The molecule has 2 aromatic rings. The fourth-order valence-corrected chi connectivity index (χ4v) is 1.51. The molecule has 2 aromatic carbocycles. The molecule has 0 aromatic heterocycles. The molecule has 0 aliphatic carbocycles. The fraction of sp³-hybridized carbons (Fsp3) is 0.0769. The largest absolute Gasteiger partial charge is 0.326 e. The topological polar surface area (TPSA) is 26.0 Å². The van der Waals surface area contributed by atoms with Gasteiger partial charge in [-0.1, -0.05) is 24.1 Å². The SMILES string of the molecule is C#Cc1ccc2cc(CN)ccc2c1. The van der Waals surface area contributed by atoms with Crippen LogP contribution in [0.5, 0.6) is 0 Å². The number of rotatable bonds is 1. The first-order chi connectivity index (χ1) is 6.83. The second-order valence-corrected chi connectivity index (χ2v) is 3.24. The monoisotopic (exact) mass is 181 g/mol. The van der Waals surface area contributed by atoms with Gasteiger partial charge in [0.2, 0.25) is 0 Å². The van der Waals surface area contributed by atoms with E-state index in [0.29, 0.717) is 6.54 Å². The van der Waals surface area contributed by atoms with Gasteiger partial charge in [0, 0.05) is 12.1 Å². The van der Waals surface area contributed by atoms with Crippen molar-refractivity contribution in [3.05, 3.63) is 47.5 Å². The van der Waals surface area contributed by atoms with Crippen LogP contribution in [0.2, 0.25) is 0 Å². The molecule has 0 spiro atoms. The van der Waals surface area contributed by atoms with Gasteiger partial charge in [-0.2, -0.15) is 0 Å². The van der Waals surface area contributed by atoms with Crippen molar-refractivity contribution in [3.63, 3.8) is 0 Å². The molecule has 0 bridgehead atoms. The van der Waals surface area contributed by atoms with E-state index in [2.05, 4.69) is 18.1 Å². The summed E-state index contributed by atoms with van der Waals surface area (Å²) in [7, 11) is 0. The summed E-state index contributed by atoms with van der Waals surface area (Å²) in [4.78, 5) is 0. The molecule has 1 heteroatoms. The molecule has 2 N–H and O–H groups in total. The Hall–Kier alpha value is -1.78. The minimum absolute atomic E-state index is 0.576. The van der Waals surface area contributed by atoms with Crippen molar-refractivity contribution in [2.75, 3.05) is 0 Å². The van der Waals surface area contributed by atoms with Crippen molar-refractivity contribution in [1.82, 2.24) is 0 Å². The predicted octanol–water partition coefficient (Wildman–Crippen LogP) is 2.28. The van der Waals surface area contributed by atoms with Crippen LogP contribution in [-0.2, 0) is 6.54 Å². The highest BCUT2D eigenvalue weighted by atomic mass is 14.5. The highest BCUT2D eigenvalue weighted by molar-refractivity contribution is 5.84. The normalized spacial score (nSPS) is 10.0. The second kappa shape index (κ2) is 3.53. The molecule has 0 radical (unpaired) electrons. The van der Waals surface area contributed by atoms with Gasteiger partial charge in [0.05, 0.1) is 0 Å². The van der Waals surface area contributed by atoms with Gasteiger partial charge in [0.15, 0.2) is 0 Å². The summed E-state index contributed by atoms with van der Waals surface area (Å²) in [5, 5.41) is 2.35. The zero-order valence-electron chi connectivity index (χ0n) is 7.83. The molecule has 0 aliphatic rings. The lowest BCUT2D eigenvalue weighted by molar-refractivity contribution is 1.08. The molecule has 1 nitrogen and oxygen atoms in total. The molecule has 0 fully saturated rings. The minimum Gasteiger partial charge on any atom is -0.326 e. The van der Waals surface area contributed by atoms with Crippen molar-refractivity contribution < 1.29 is 0 Å². The Labute approximate surface area is 83.5 Å². The van der Waals surface area contributed by atoms with Gasteiger partial charge in [-0.25, -0.2) is 0 Å². The Morgan fingerprint density at radius 2 is 1.79 bits per heavy atom. The van der Waals surface area contributed by atoms with Crippen molar-refractivity contribution in [2.45, 2.75) is 6.54 Å². The lowest BCUT2D eigenvalue weighted by Crippen LogP contribution is -1.95. The standard InChI is InChI=1S/C13H11N/c1-2-10-3-5-13-8-11(9-14)4-6-12(13)7-10/h1,3-8H,9,14H2. The maximum atomic E-state index is 5.56. The highest BCUT2D eigenvalue weighted by Gasteiger charge is 1.95. The summed E-state index contributed by atoms with van der Waals surface area (Å²) in [5.74, 6) is 2.62. The molecule has 0 saturated carbocycles. The van der Waals surface area contributed by atoms with E-state index in [1.165, 1.54) is 5.39 Å². The van der Waals surface area contributed by atoms with Crippen molar-refractivity contribution in [3.8, 4) is 12.3 Å². The van der Waals surface area contributed by atoms with Gasteiger partial charge in [0.1, 0.15) is 0 Å². The molecule has 0 unspecified atom stereocenters. The number of fused-ring (bicyclic) bond motifs is 1. The molecule has 0 amide bonds. The Morgan fingerprint density at radius 3 is 2.50 bits per heavy atom. The van der Waals surface area contributed by atoms with E-state index in [1.807, 2.05) is 24.3 Å². The van der Waals surface area contributed by atoms with E-state index in [-0.39, 0.29) is 0 Å². The van der Waals surface area contributed by atoms with Crippen LogP contribution >= 0.6 is 0 Å². The number of hydrogen-bond acceptors (Lipinski definition) is 1. The van der Waals surface area contributed by atoms with Gasteiger partial charge < -0.3 is 5.73 Å². The van der Waals surface area contributed by atoms with E-state index in [1.54, 1.807) is 0 Å². The van der Waals surface area contributed by atoms with Crippen LogP contribution in [0.1, 0.15) is 11.1 Å². The molecule has 68 valence electrons. The van der Waals surface area contributed by atoms with Crippen molar-refractivity contribution >= 4 is 10.8 Å². The summed E-state index contributed by atoms with van der Waals surface area (Å²) in [6.07, 6.45) is 5.33. The summed E-state index contributed by atoms with van der Waals surface area (Å²) >= 11 is 0. The first kappa shape index (κ1) is 8.80. The average molecular weight is 181 g/mol. The Kier molecular flexibility index (Phi) is 2.22. The van der Waals surface area contributed by atoms with Crippen LogP contribution in [0, 0.1) is 12.3 Å². The van der Waals surface area contributed by atoms with E-state index in [9.17, 15) is 0 Å². The highest BCUT2D eigenvalue weighted by Crippen LogP contribution is 2.17. The zero-order chi connectivity index (χ0) is 9.97. The Balaban J connectivity index is 2.64. The minimum atomic E-state index is 0.576.